The van der Waals surface area contributed by atoms with Crippen LogP contribution >= 0.6 is 24.8 Å². The highest BCUT2D eigenvalue weighted by molar-refractivity contribution is 5.85. The SMILES string of the molecule is CC1CCN(c2ccc(CNC(=O)C3CCCC(N)C3)cn2)CC1.Cl.Cl. The first-order valence-corrected chi connectivity index (χ1v) is 9.35. The van der Waals surface area contributed by atoms with Gasteiger partial charge in [0.2, 0.25) is 5.91 Å². The van der Waals surface area contributed by atoms with Crippen LogP contribution in [0.2, 0.25) is 0 Å². The number of aromatic nitrogens is 1. The minimum atomic E-state index is 0. The maximum absolute atomic E-state index is 12.3. The lowest BCUT2D eigenvalue weighted by Gasteiger charge is -2.31. The third kappa shape index (κ3) is 6.29. The van der Waals surface area contributed by atoms with Crippen LogP contribution in [0.25, 0.3) is 0 Å². The minimum absolute atomic E-state index is 0. The molecule has 1 aromatic rings. The molecule has 1 saturated carbocycles. The summed E-state index contributed by atoms with van der Waals surface area (Å²) in [4.78, 5) is 19.2. The first-order chi connectivity index (χ1) is 11.6. The maximum Gasteiger partial charge on any atom is 0.223 e. The number of hydrogen-bond acceptors (Lipinski definition) is 4. The summed E-state index contributed by atoms with van der Waals surface area (Å²) in [6.07, 6.45) is 8.25. The van der Waals surface area contributed by atoms with Crippen molar-refractivity contribution in [1.82, 2.24) is 10.3 Å². The fourth-order valence-electron chi connectivity index (χ4n) is 3.75. The van der Waals surface area contributed by atoms with Crippen molar-refractivity contribution in [3.63, 3.8) is 0 Å². The van der Waals surface area contributed by atoms with E-state index in [9.17, 15) is 4.79 Å². The normalized spacial score (nSPS) is 23.5. The number of piperidine rings is 1. The molecule has 5 nitrogen and oxygen atoms in total. The van der Waals surface area contributed by atoms with E-state index >= 15 is 0 Å². The van der Waals surface area contributed by atoms with Gasteiger partial charge in [0.05, 0.1) is 0 Å². The molecule has 3 rings (SSSR count). The van der Waals surface area contributed by atoms with E-state index in [1.807, 2.05) is 6.20 Å². The van der Waals surface area contributed by atoms with E-state index in [2.05, 4.69) is 34.3 Å². The van der Waals surface area contributed by atoms with Crippen molar-refractivity contribution in [2.24, 2.45) is 17.6 Å². The average Bonchev–Trinajstić information content (AvgIpc) is 2.61. The Morgan fingerprint density at radius 2 is 1.96 bits per heavy atom. The van der Waals surface area contributed by atoms with Crippen LogP contribution in [0.5, 0.6) is 0 Å². The quantitative estimate of drug-likeness (QED) is 0.809. The Morgan fingerprint density at radius 1 is 1.23 bits per heavy atom. The second kappa shape index (κ2) is 11.0. The highest BCUT2D eigenvalue weighted by Gasteiger charge is 2.25. The van der Waals surface area contributed by atoms with Crippen molar-refractivity contribution in [2.45, 2.75) is 58.0 Å². The van der Waals surface area contributed by atoms with Gasteiger partial charge in [0.1, 0.15) is 5.82 Å². The van der Waals surface area contributed by atoms with Crippen molar-refractivity contribution >= 4 is 36.5 Å². The number of pyridine rings is 1. The van der Waals surface area contributed by atoms with E-state index in [1.165, 1.54) is 12.8 Å². The third-order valence-corrected chi connectivity index (χ3v) is 5.47. The number of carbonyl (C=O) groups is 1. The van der Waals surface area contributed by atoms with Gasteiger partial charge in [-0.05, 0) is 49.7 Å². The van der Waals surface area contributed by atoms with Gasteiger partial charge in [0, 0.05) is 37.8 Å². The Bertz CT molecular complexity index is 547. The molecule has 0 radical (unpaired) electrons. The topological polar surface area (TPSA) is 71.2 Å². The van der Waals surface area contributed by atoms with Gasteiger partial charge in [0.25, 0.3) is 0 Å². The summed E-state index contributed by atoms with van der Waals surface area (Å²) < 4.78 is 0. The molecule has 1 aliphatic heterocycles. The Morgan fingerprint density at radius 3 is 2.58 bits per heavy atom. The van der Waals surface area contributed by atoms with E-state index in [-0.39, 0.29) is 42.7 Å². The van der Waals surface area contributed by atoms with E-state index < -0.39 is 0 Å². The monoisotopic (exact) mass is 402 g/mol. The first kappa shape index (κ1) is 23.0. The van der Waals surface area contributed by atoms with Crippen LogP contribution in [0, 0.1) is 11.8 Å². The molecule has 1 amide bonds. The lowest BCUT2D eigenvalue weighted by Crippen LogP contribution is -2.37. The van der Waals surface area contributed by atoms with Gasteiger partial charge in [-0.15, -0.1) is 24.8 Å². The molecular formula is C19H32Cl2N4O. The zero-order valence-corrected chi connectivity index (χ0v) is 17.2. The lowest BCUT2D eigenvalue weighted by atomic mass is 9.85. The number of nitrogens with one attached hydrogen (secondary N) is 1. The predicted molar refractivity (Wildman–Crippen MR) is 111 cm³/mol. The van der Waals surface area contributed by atoms with Crippen LogP contribution in [0.4, 0.5) is 5.82 Å². The van der Waals surface area contributed by atoms with Crippen LogP contribution in [-0.2, 0) is 11.3 Å². The number of hydrogen-bond donors (Lipinski definition) is 2. The molecule has 7 heteroatoms. The average molecular weight is 403 g/mol. The summed E-state index contributed by atoms with van der Waals surface area (Å²) in [5.41, 5.74) is 7.02. The lowest BCUT2D eigenvalue weighted by molar-refractivity contribution is -0.126. The zero-order valence-electron chi connectivity index (χ0n) is 15.5. The zero-order chi connectivity index (χ0) is 16.9. The van der Waals surface area contributed by atoms with Gasteiger partial charge in [-0.2, -0.15) is 0 Å². The molecule has 2 fully saturated rings. The number of nitrogens with zero attached hydrogens (tertiary/aromatic N) is 2. The fourth-order valence-corrected chi connectivity index (χ4v) is 3.75. The van der Waals surface area contributed by atoms with E-state index in [1.54, 1.807) is 0 Å². The molecule has 1 saturated heterocycles. The summed E-state index contributed by atoms with van der Waals surface area (Å²) in [7, 11) is 0. The number of halogens is 2. The number of anilines is 1. The van der Waals surface area contributed by atoms with Gasteiger partial charge in [-0.3, -0.25) is 4.79 Å². The predicted octanol–water partition coefficient (Wildman–Crippen LogP) is 3.30. The molecule has 2 aliphatic rings. The smallest absolute Gasteiger partial charge is 0.223 e. The maximum atomic E-state index is 12.3. The molecule has 2 atom stereocenters. The largest absolute Gasteiger partial charge is 0.357 e. The molecule has 1 aliphatic carbocycles. The summed E-state index contributed by atoms with van der Waals surface area (Å²) in [6.45, 7) is 5.04. The Balaban J connectivity index is 0.00000169. The fraction of sp³-hybridized carbons (Fsp3) is 0.684. The van der Waals surface area contributed by atoms with Gasteiger partial charge in [-0.1, -0.05) is 19.4 Å². The standard InChI is InChI=1S/C19H30N4O.2ClH/c1-14-7-9-23(10-8-14)18-6-5-15(12-21-18)13-22-19(24)16-3-2-4-17(20)11-16;;/h5-6,12,14,16-17H,2-4,7-11,13,20H2,1H3,(H,22,24);2*1H. The third-order valence-electron chi connectivity index (χ3n) is 5.47. The number of carbonyl (C=O) groups excluding carboxylic acids is 1. The first-order valence-electron chi connectivity index (χ1n) is 9.35. The van der Waals surface area contributed by atoms with Crippen molar-refractivity contribution in [3.05, 3.63) is 23.9 Å². The van der Waals surface area contributed by atoms with E-state index in [4.69, 9.17) is 5.73 Å². The Kier molecular flexibility index (Phi) is 9.69. The summed E-state index contributed by atoms with van der Waals surface area (Å²) in [6, 6.07) is 4.34. The molecule has 1 aromatic heterocycles. The van der Waals surface area contributed by atoms with Crippen LogP contribution in [-0.4, -0.2) is 30.0 Å². The molecule has 148 valence electrons. The molecule has 2 unspecified atom stereocenters. The molecule has 0 aromatic carbocycles. The van der Waals surface area contributed by atoms with Gasteiger partial charge >= 0.3 is 0 Å². The minimum Gasteiger partial charge on any atom is -0.357 e. The molecular weight excluding hydrogens is 371 g/mol. The van der Waals surface area contributed by atoms with Crippen molar-refractivity contribution in [3.8, 4) is 0 Å². The van der Waals surface area contributed by atoms with Crippen LogP contribution < -0.4 is 16.0 Å². The van der Waals surface area contributed by atoms with Crippen molar-refractivity contribution in [1.29, 1.82) is 0 Å². The highest BCUT2D eigenvalue weighted by atomic mass is 35.5. The highest BCUT2D eigenvalue weighted by Crippen LogP contribution is 2.23. The Hall–Kier alpha value is -1.04. The molecule has 3 N–H and O–H groups in total. The molecule has 2 heterocycles. The number of nitrogens with two attached hydrogens (primary N) is 1. The molecule has 0 bridgehead atoms. The summed E-state index contributed by atoms with van der Waals surface area (Å²) in [5, 5.41) is 3.05. The molecule has 26 heavy (non-hydrogen) atoms. The van der Waals surface area contributed by atoms with Gasteiger partial charge in [0.15, 0.2) is 0 Å². The molecule has 0 spiro atoms. The van der Waals surface area contributed by atoms with Crippen molar-refractivity contribution in [2.75, 3.05) is 18.0 Å². The summed E-state index contributed by atoms with van der Waals surface area (Å²) in [5.74, 6) is 2.09. The van der Waals surface area contributed by atoms with E-state index in [0.29, 0.717) is 6.54 Å². The van der Waals surface area contributed by atoms with Crippen LogP contribution in [0.1, 0.15) is 51.0 Å². The summed E-state index contributed by atoms with van der Waals surface area (Å²) >= 11 is 0. The Labute approximate surface area is 169 Å². The van der Waals surface area contributed by atoms with Crippen LogP contribution in [0.15, 0.2) is 18.3 Å². The second-order valence-electron chi connectivity index (χ2n) is 7.54. The van der Waals surface area contributed by atoms with E-state index in [0.717, 1.165) is 56.1 Å². The van der Waals surface area contributed by atoms with Gasteiger partial charge in [-0.25, -0.2) is 4.98 Å². The second-order valence-corrected chi connectivity index (χ2v) is 7.54. The van der Waals surface area contributed by atoms with Crippen LogP contribution in [0.3, 0.4) is 0 Å². The van der Waals surface area contributed by atoms with Gasteiger partial charge < -0.3 is 16.0 Å². The number of rotatable bonds is 4. The number of amides is 1. The van der Waals surface area contributed by atoms with Crippen molar-refractivity contribution < 1.29 is 4.79 Å².